The topological polar surface area (TPSA) is 75.9 Å². The molecule has 0 bridgehead atoms. The second-order valence-corrected chi connectivity index (χ2v) is 6.97. The van der Waals surface area contributed by atoms with Gasteiger partial charge in [-0.3, -0.25) is 14.5 Å². The minimum atomic E-state index is -0.511. The first-order chi connectivity index (χ1) is 12.1. The predicted molar refractivity (Wildman–Crippen MR) is 95.5 cm³/mol. The number of primary amides is 1. The number of nitrogens with two attached hydrogens (primary N) is 1. The molecule has 0 atom stereocenters. The normalized spacial score (nSPS) is 20.9. The van der Waals surface area contributed by atoms with Crippen LogP contribution in [0, 0.1) is 0 Å². The standard InChI is InChI=1S/C19H27N3O3/c1-25-16-7-5-6-15(14-16)17(23)21-10-12-22(13-11-21)19(18(20)24)8-3-2-4-9-19/h5-7,14H,2-4,8-13H2,1H3,(H2,20,24). The molecule has 6 heteroatoms. The molecule has 2 amide bonds. The molecule has 1 aromatic rings. The molecule has 25 heavy (non-hydrogen) atoms. The SMILES string of the molecule is COc1cccc(C(=O)N2CCN(C3(C(N)=O)CCCCC3)CC2)c1. The second-order valence-electron chi connectivity index (χ2n) is 6.97. The molecule has 3 rings (SSSR count). The molecule has 2 fully saturated rings. The molecule has 1 saturated carbocycles. The van der Waals surface area contributed by atoms with Gasteiger partial charge in [-0.2, -0.15) is 0 Å². The number of nitrogens with zero attached hydrogens (tertiary/aromatic N) is 2. The summed E-state index contributed by atoms with van der Waals surface area (Å²) < 4.78 is 5.20. The third-order valence-corrected chi connectivity index (χ3v) is 5.63. The number of carbonyl (C=O) groups excluding carboxylic acids is 2. The summed E-state index contributed by atoms with van der Waals surface area (Å²) in [4.78, 5) is 29.0. The van der Waals surface area contributed by atoms with E-state index in [1.165, 1.54) is 6.42 Å². The van der Waals surface area contributed by atoms with E-state index >= 15 is 0 Å². The van der Waals surface area contributed by atoms with Crippen molar-refractivity contribution in [3.63, 3.8) is 0 Å². The molecule has 1 saturated heterocycles. The Morgan fingerprint density at radius 2 is 1.76 bits per heavy atom. The summed E-state index contributed by atoms with van der Waals surface area (Å²) in [5.41, 5.74) is 5.90. The quantitative estimate of drug-likeness (QED) is 0.900. The molecule has 6 nitrogen and oxygen atoms in total. The van der Waals surface area contributed by atoms with Gasteiger partial charge in [-0.25, -0.2) is 0 Å². The van der Waals surface area contributed by atoms with E-state index in [4.69, 9.17) is 10.5 Å². The lowest BCUT2D eigenvalue weighted by atomic mass is 9.79. The number of hydrogen-bond donors (Lipinski definition) is 1. The van der Waals surface area contributed by atoms with Crippen molar-refractivity contribution < 1.29 is 14.3 Å². The molecule has 1 aliphatic carbocycles. The Bertz CT molecular complexity index is 633. The van der Waals surface area contributed by atoms with E-state index in [1.54, 1.807) is 13.2 Å². The van der Waals surface area contributed by atoms with E-state index in [0.717, 1.165) is 25.7 Å². The third kappa shape index (κ3) is 3.49. The smallest absolute Gasteiger partial charge is 0.254 e. The zero-order valence-electron chi connectivity index (χ0n) is 14.9. The number of carbonyl (C=O) groups is 2. The largest absolute Gasteiger partial charge is 0.497 e. The maximum absolute atomic E-state index is 12.7. The predicted octanol–water partition coefficient (Wildman–Crippen LogP) is 1.64. The van der Waals surface area contributed by atoms with Gasteiger partial charge in [0.2, 0.25) is 5.91 Å². The summed E-state index contributed by atoms with van der Waals surface area (Å²) in [6.07, 6.45) is 4.94. The van der Waals surface area contributed by atoms with Crippen molar-refractivity contribution in [2.45, 2.75) is 37.6 Å². The Morgan fingerprint density at radius 3 is 2.36 bits per heavy atom. The van der Waals surface area contributed by atoms with Crippen molar-refractivity contribution in [1.82, 2.24) is 9.80 Å². The Balaban J connectivity index is 1.66. The van der Waals surface area contributed by atoms with Gasteiger partial charge in [0.15, 0.2) is 0 Å². The highest BCUT2D eigenvalue weighted by Gasteiger charge is 2.44. The third-order valence-electron chi connectivity index (χ3n) is 5.63. The second kappa shape index (κ2) is 7.44. The fourth-order valence-electron chi connectivity index (χ4n) is 4.13. The molecular formula is C19H27N3O3. The van der Waals surface area contributed by atoms with Crippen molar-refractivity contribution in [1.29, 1.82) is 0 Å². The van der Waals surface area contributed by atoms with Gasteiger partial charge in [-0.05, 0) is 31.0 Å². The lowest BCUT2D eigenvalue weighted by Gasteiger charge is -2.47. The molecule has 0 aromatic heterocycles. The summed E-state index contributed by atoms with van der Waals surface area (Å²) in [5, 5.41) is 0. The van der Waals surface area contributed by atoms with Crippen molar-refractivity contribution >= 4 is 11.8 Å². The molecule has 136 valence electrons. The zero-order valence-corrected chi connectivity index (χ0v) is 14.9. The van der Waals surface area contributed by atoms with Gasteiger partial charge in [0.05, 0.1) is 7.11 Å². The molecular weight excluding hydrogens is 318 g/mol. The molecule has 0 radical (unpaired) electrons. The Kier molecular flexibility index (Phi) is 5.27. The van der Waals surface area contributed by atoms with Gasteiger partial charge in [-0.1, -0.05) is 25.3 Å². The first-order valence-electron chi connectivity index (χ1n) is 9.05. The van der Waals surface area contributed by atoms with Crippen LogP contribution in [0.25, 0.3) is 0 Å². The molecule has 0 spiro atoms. The van der Waals surface area contributed by atoms with Crippen molar-refractivity contribution in [3.8, 4) is 5.75 Å². The van der Waals surface area contributed by atoms with Gasteiger partial charge in [-0.15, -0.1) is 0 Å². The van der Waals surface area contributed by atoms with E-state index in [0.29, 0.717) is 37.5 Å². The monoisotopic (exact) mass is 345 g/mol. The van der Waals surface area contributed by atoms with Crippen LogP contribution in [-0.2, 0) is 4.79 Å². The summed E-state index contributed by atoms with van der Waals surface area (Å²) in [7, 11) is 1.59. The number of rotatable bonds is 4. The van der Waals surface area contributed by atoms with Gasteiger partial charge < -0.3 is 15.4 Å². The van der Waals surface area contributed by atoms with Crippen molar-refractivity contribution in [3.05, 3.63) is 29.8 Å². The molecule has 1 aromatic carbocycles. The first-order valence-corrected chi connectivity index (χ1v) is 9.05. The van der Waals surface area contributed by atoms with Crippen LogP contribution < -0.4 is 10.5 Å². The van der Waals surface area contributed by atoms with E-state index in [-0.39, 0.29) is 11.8 Å². The molecule has 2 N–H and O–H groups in total. The number of methoxy groups -OCH3 is 1. The highest BCUT2D eigenvalue weighted by molar-refractivity contribution is 5.94. The van der Waals surface area contributed by atoms with Gasteiger partial charge in [0, 0.05) is 31.7 Å². The molecule has 1 aliphatic heterocycles. The van der Waals surface area contributed by atoms with Crippen LogP contribution in [0.3, 0.4) is 0 Å². The Hall–Kier alpha value is -2.08. The van der Waals surface area contributed by atoms with Crippen LogP contribution in [0.1, 0.15) is 42.5 Å². The van der Waals surface area contributed by atoms with Gasteiger partial charge in [0.1, 0.15) is 11.3 Å². The zero-order chi connectivity index (χ0) is 17.9. The Labute approximate surface area is 148 Å². The Morgan fingerprint density at radius 1 is 1.08 bits per heavy atom. The summed E-state index contributed by atoms with van der Waals surface area (Å²) >= 11 is 0. The number of ether oxygens (including phenoxy) is 1. The maximum atomic E-state index is 12.7. The van der Waals surface area contributed by atoms with E-state index in [1.807, 2.05) is 23.1 Å². The van der Waals surface area contributed by atoms with Crippen LogP contribution in [0.5, 0.6) is 5.75 Å². The van der Waals surface area contributed by atoms with Crippen LogP contribution >= 0.6 is 0 Å². The molecule has 0 unspecified atom stereocenters. The van der Waals surface area contributed by atoms with E-state index in [2.05, 4.69) is 4.90 Å². The van der Waals surface area contributed by atoms with Crippen molar-refractivity contribution in [2.24, 2.45) is 5.73 Å². The molecule has 1 heterocycles. The average molecular weight is 345 g/mol. The van der Waals surface area contributed by atoms with Gasteiger partial charge >= 0.3 is 0 Å². The highest BCUT2D eigenvalue weighted by atomic mass is 16.5. The van der Waals surface area contributed by atoms with Crippen LogP contribution in [0.4, 0.5) is 0 Å². The number of benzene rings is 1. The minimum absolute atomic E-state index is 0.00955. The summed E-state index contributed by atoms with van der Waals surface area (Å²) in [6.45, 7) is 2.62. The average Bonchev–Trinajstić information content (AvgIpc) is 2.68. The van der Waals surface area contributed by atoms with Crippen LogP contribution in [0.2, 0.25) is 0 Å². The number of amides is 2. The van der Waals surface area contributed by atoms with Crippen LogP contribution in [0.15, 0.2) is 24.3 Å². The minimum Gasteiger partial charge on any atom is -0.497 e. The summed E-state index contributed by atoms with van der Waals surface area (Å²) in [6, 6.07) is 7.23. The van der Waals surface area contributed by atoms with E-state index in [9.17, 15) is 9.59 Å². The highest BCUT2D eigenvalue weighted by Crippen LogP contribution is 2.34. The van der Waals surface area contributed by atoms with Crippen LogP contribution in [-0.4, -0.2) is 60.4 Å². The lowest BCUT2D eigenvalue weighted by molar-refractivity contribution is -0.134. The van der Waals surface area contributed by atoms with Crippen molar-refractivity contribution in [2.75, 3.05) is 33.3 Å². The molecule has 2 aliphatic rings. The van der Waals surface area contributed by atoms with E-state index < -0.39 is 5.54 Å². The number of hydrogen-bond acceptors (Lipinski definition) is 4. The fraction of sp³-hybridized carbons (Fsp3) is 0.579. The fourth-order valence-corrected chi connectivity index (χ4v) is 4.13. The first kappa shape index (κ1) is 17.7. The summed E-state index contributed by atoms with van der Waals surface area (Å²) in [5.74, 6) is 0.481. The lowest BCUT2D eigenvalue weighted by Crippen LogP contribution is -2.63. The number of piperazine rings is 1. The maximum Gasteiger partial charge on any atom is 0.254 e. The van der Waals surface area contributed by atoms with Gasteiger partial charge in [0.25, 0.3) is 5.91 Å².